The predicted molar refractivity (Wildman–Crippen MR) is 63.5 cm³/mol. The van der Waals surface area contributed by atoms with Gasteiger partial charge in [-0.3, -0.25) is 4.90 Å². The fourth-order valence-corrected chi connectivity index (χ4v) is 2.79. The van der Waals surface area contributed by atoms with Crippen molar-refractivity contribution in [1.82, 2.24) is 4.90 Å². The van der Waals surface area contributed by atoms with Gasteiger partial charge in [-0.25, -0.2) is 0 Å². The summed E-state index contributed by atoms with van der Waals surface area (Å²) < 4.78 is 0. The van der Waals surface area contributed by atoms with E-state index in [0.717, 1.165) is 5.92 Å². The Balaban J connectivity index is 3.06. The molecule has 1 fully saturated rings. The highest BCUT2D eigenvalue weighted by atomic mass is 15.3. The lowest BCUT2D eigenvalue weighted by molar-refractivity contribution is 0.0181. The van der Waals surface area contributed by atoms with E-state index < -0.39 is 0 Å². The Hall–Kier alpha value is -0.0400. The number of likely N-dealkylation sites (tertiary alicyclic amines) is 1. The average molecular weight is 197 g/mol. The van der Waals surface area contributed by atoms with Gasteiger partial charge < -0.3 is 0 Å². The van der Waals surface area contributed by atoms with Crippen molar-refractivity contribution in [1.29, 1.82) is 0 Å². The molecule has 1 heterocycles. The molecule has 0 N–H and O–H groups in total. The second kappa shape index (κ2) is 2.98. The van der Waals surface area contributed by atoms with Gasteiger partial charge in [0.05, 0.1) is 0 Å². The van der Waals surface area contributed by atoms with Crippen LogP contribution in [0.1, 0.15) is 55.4 Å². The summed E-state index contributed by atoms with van der Waals surface area (Å²) >= 11 is 0. The number of nitrogens with zero attached hydrogens (tertiary/aromatic N) is 1. The van der Waals surface area contributed by atoms with Crippen molar-refractivity contribution in [3.8, 4) is 0 Å². The molecule has 0 aromatic rings. The molecule has 1 saturated heterocycles. The van der Waals surface area contributed by atoms with Crippen LogP contribution in [-0.2, 0) is 0 Å². The Morgan fingerprint density at radius 3 is 1.64 bits per heavy atom. The van der Waals surface area contributed by atoms with Gasteiger partial charge >= 0.3 is 0 Å². The molecule has 1 aliphatic rings. The topological polar surface area (TPSA) is 3.24 Å². The van der Waals surface area contributed by atoms with Gasteiger partial charge in [-0.2, -0.15) is 0 Å². The normalized spacial score (nSPS) is 32.1. The molecular formula is C13H27N. The van der Waals surface area contributed by atoms with Gasteiger partial charge in [0.25, 0.3) is 0 Å². The molecule has 1 rings (SSSR count). The van der Waals surface area contributed by atoms with Gasteiger partial charge in [0.15, 0.2) is 0 Å². The van der Waals surface area contributed by atoms with Crippen molar-refractivity contribution in [3.05, 3.63) is 0 Å². The minimum atomic E-state index is 0.283. The zero-order valence-corrected chi connectivity index (χ0v) is 11.2. The van der Waals surface area contributed by atoms with E-state index in [4.69, 9.17) is 0 Å². The van der Waals surface area contributed by atoms with Gasteiger partial charge in [0, 0.05) is 17.6 Å². The van der Waals surface area contributed by atoms with E-state index in [9.17, 15) is 0 Å². The lowest BCUT2D eigenvalue weighted by atomic mass is 9.70. The number of hydrogen-bond donors (Lipinski definition) is 0. The first-order valence-corrected chi connectivity index (χ1v) is 5.79. The second-order valence-electron chi connectivity index (χ2n) is 6.96. The molecule has 1 aliphatic heterocycles. The number of hydrogen-bond acceptors (Lipinski definition) is 1. The highest BCUT2D eigenvalue weighted by molar-refractivity contribution is 5.07. The third-order valence-corrected chi connectivity index (χ3v) is 4.75. The van der Waals surface area contributed by atoms with Crippen LogP contribution in [0.4, 0.5) is 0 Å². The van der Waals surface area contributed by atoms with Crippen molar-refractivity contribution in [2.45, 2.75) is 66.5 Å². The second-order valence-corrected chi connectivity index (χ2v) is 6.96. The van der Waals surface area contributed by atoms with E-state index >= 15 is 0 Å². The van der Waals surface area contributed by atoms with Gasteiger partial charge in [-0.1, -0.05) is 20.8 Å². The molecule has 0 aliphatic carbocycles. The molecule has 1 atom stereocenters. The van der Waals surface area contributed by atoms with E-state index in [0.29, 0.717) is 11.0 Å². The highest BCUT2D eigenvalue weighted by Gasteiger charge is 2.54. The summed E-state index contributed by atoms with van der Waals surface area (Å²) in [6.45, 7) is 20.2. The molecule has 0 radical (unpaired) electrons. The van der Waals surface area contributed by atoms with Crippen LogP contribution >= 0.6 is 0 Å². The van der Waals surface area contributed by atoms with Gasteiger partial charge in [0.1, 0.15) is 0 Å². The van der Waals surface area contributed by atoms with Crippen molar-refractivity contribution in [2.24, 2.45) is 11.3 Å². The van der Waals surface area contributed by atoms with Crippen LogP contribution in [0.2, 0.25) is 0 Å². The Kier molecular flexibility index (Phi) is 2.56. The molecule has 0 saturated carbocycles. The first kappa shape index (κ1) is 12.0. The molecule has 1 heteroatoms. The summed E-state index contributed by atoms with van der Waals surface area (Å²) in [4.78, 5) is 2.66. The SMILES string of the molecule is CC1CN(C(C)(C)C)C(C)(C)C1(C)C. The third kappa shape index (κ3) is 1.50. The van der Waals surface area contributed by atoms with E-state index in [1.54, 1.807) is 0 Å². The number of rotatable bonds is 0. The van der Waals surface area contributed by atoms with Crippen LogP contribution in [0.3, 0.4) is 0 Å². The Morgan fingerprint density at radius 1 is 1.07 bits per heavy atom. The molecule has 0 amide bonds. The predicted octanol–water partition coefficient (Wildman–Crippen LogP) is 3.54. The summed E-state index contributed by atoms with van der Waals surface area (Å²) in [5.41, 5.74) is 0.983. The van der Waals surface area contributed by atoms with E-state index in [2.05, 4.69) is 60.3 Å². The summed E-state index contributed by atoms with van der Waals surface area (Å²) in [7, 11) is 0. The lowest BCUT2D eigenvalue weighted by Gasteiger charge is -2.48. The van der Waals surface area contributed by atoms with E-state index in [1.807, 2.05) is 0 Å². The van der Waals surface area contributed by atoms with Crippen LogP contribution in [0.15, 0.2) is 0 Å². The molecule has 1 unspecified atom stereocenters. The highest BCUT2D eigenvalue weighted by Crippen LogP contribution is 2.50. The quantitative estimate of drug-likeness (QED) is 0.574. The van der Waals surface area contributed by atoms with Gasteiger partial charge in [-0.05, 0) is 46.0 Å². The van der Waals surface area contributed by atoms with E-state index in [1.165, 1.54) is 6.54 Å². The Bertz CT molecular complexity index is 220. The van der Waals surface area contributed by atoms with Crippen molar-refractivity contribution in [2.75, 3.05) is 6.54 Å². The first-order chi connectivity index (χ1) is 6.01. The molecular weight excluding hydrogens is 170 g/mol. The fraction of sp³-hybridized carbons (Fsp3) is 1.00. The minimum Gasteiger partial charge on any atom is -0.293 e. The zero-order chi connectivity index (χ0) is 11.4. The van der Waals surface area contributed by atoms with Crippen molar-refractivity contribution in [3.63, 3.8) is 0 Å². The van der Waals surface area contributed by atoms with Crippen molar-refractivity contribution >= 4 is 0 Å². The summed E-state index contributed by atoms with van der Waals surface area (Å²) in [6, 6.07) is 0. The van der Waals surface area contributed by atoms with Crippen LogP contribution in [0.5, 0.6) is 0 Å². The summed E-state index contributed by atoms with van der Waals surface area (Å²) in [6.07, 6.45) is 0. The van der Waals surface area contributed by atoms with Crippen LogP contribution in [-0.4, -0.2) is 22.5 Å². The standard InChI is InChI=1S/C13H27N/c1-10-9-14(11(2,3)4)13(7,8)12(10,5)6/h10H,9H2,1-8H3. The lowest BCUT2D eigenvalue weighted by Crippen LogP contribution is -2.54. The molecule has 14 heavy (non-hydrogen) atoms. The largest absolute Gasteiger partial charge is 0.293 e. The smallest absolute Gasteiger partial charge is 0.0212 e. The van der Waals surface area contributed by atoms with E-state index in [-0.39, 0.29) is 5.54 Å². The molecule has 0 spiro atoms. The Labute approximate surface area is 89.9 Å². The van der Waals surface area contributed by atoms with Gasteiger partial charge in [-0.15, -0.1) is 0 Å². The maximum absolute atomic E-state index is 2.66. The average Bonchev–Trinajstić information content (AvgIpc) is 2.09. The maximum Gasteiger partial charge on any atom is 0.0212 e. The summed E-state index contributed by atoms with van der Waals surface area (Å²) in [5.74, 6) is 0.775. The third-order valence-electron chi connectivity index (χ3n) is 4.75. The van der Waals surface area contributed by atoms with Crippen molar-refractivity contribution < 1.29 is 0 Å². The monoisotopic (exact) mass is 197 g/mol. The first-order valence-electron chi connectivity index (χ1n) is 5.79. The minimum absolute atomic E-state index is 0.283. The van der Waals surface area contributed by atoms with Crippen LogP contribution in [0, 0.1) is 11.3 Å². The maximum atomic E-state index is 2.66. The molecule has 0 bridgehead atoms. The van der Waals surface area contributed by atoms with Crippen LogP contribution < -0.4 is 0 Å². The summed E-state index contributed by atoms with van der Waals surface area (Å²) in [5, 5.41) is 0. The molecule has 0 aromatic heterocycles. The molecule has 1 nitrogen and oxygen atoms in total. The Morgan fingerprint density at radius 2 is 1.50 bits per heavy atom. The zero-order valence-electron chi connectivity index (χ0n) is 11.2. The van der Waals surface area contributed by atoms with Gasteiger partial charge in [0.2, 0.25) is 0 Å². The van der Waals surface area contributed by atoms with Crippen LogP contribution in [0.25, 0.3) is 0 Å². The molecule has 84 valence electrons. The fourth-order valence-electron chi connectivity index (χ4n) is 2.79. The molecule has 0 aromatic carbocycles.